The zero-order valence-electron chi connectivity index (χ0n) is 24.0. The molecule has 3 aromatic carbocycles. The van der Waals surface area contributed by atoms with Crippen LogP contribution in [0.2, 0.25) is 0 Å². The molecule has 4 rings (SSSR count). The van der Waals surface area contributed by atoms with Crippen molar-refractivity contribution in [1.29, 1.82) is 0 Å². The molecule has 7 nitrogen and oxygen atoms in total. The molecule has 3 unspecified atom stereocenters. The highest BCUT2D eigenvalue weighted by Crippen LogP contribution is 2.39. The van der Waals surface area contributed by atoms with Gasteiger partial charge in [0.05, 0.1) is 6.54 Å². The summed E-state index contributed by atoms with van der Waals surface area (Å²) in [5.41, 5.74) is 10.7. The maximum absolute atomic E-state index is 14.1. The maximum Gasteiger partial charge on any atom is 0.251 e. The highest BCUT2D eigenvalue weighted by molar-refractivity contribution is 6.02. The minimum atomic E-state index is -0.680. The van der Waals surface area contributed by atoms with Crippen LogP contribution in [0.15, 0.2) is 72.8 Å². The molecule has 3 atom stereocenters. The molecule has 1 aliphatic rings. The standard InChI is InChI=1S/C33H40N4O3/c1-6-35-31(39)27-13-8-7-12-26(27)24-17-15-23(16-18-24)20-37-28-14-10-9-11-25(28)21(2)22(3)30(32(37)40)36-29(38)19-33(4,5)34/h7-18,21-22,30H,6,19-20,34H2,1-5H3,(H,35,39)(H,36,38). The molecule has 210 valence electrons. The van der Waals surface area contributed by atoms with Gasteiger partial charge in [0.15, 0.2) is 0 Å². The summed E-state index contributed by atoms with van der Waals surface area (Å²) in [6, 6.07) is 22.8. The Labute approximate surface area is 237 Å². The summed E-state index contributed by atoms with van der Waals surface area (Å²) < 4.78 is 0. The normalized spacial score (nSPS) is 19.0. The Kier molecular flexibility index (Phi) is 8.74. The summed E-state index contributed by atoms with van der Waals surface area (Å²) in [7, 11) is 0. The van der Waals surface area contributed by atoms with E-state index in [9.17, 15) is 14.4 Å². The van der Waals surface area contributed by atoms with E-state index in [1.807, 2.05) is 80.6 Å². The van der Waals surface area contributed by atoms with E-state index in [1.165, 1.54) is 0 Å². The van der Waals surface area contributed by atoms with E-state index in [-0.39, 0.29) is 36.0 Å². The molecule has 0 saturated heterocycles. The van der Waals surface area contributed by atoms with Crippen molar-refractivity contribution < 1.29 is 14.4 Å². The zero-order valence-corrected chi connectivity index (χ0v) is 24.0. The first kappa shape index (κ1) is 29.0. The SMILES string of the molecule is CCNC(=O)c1ccccc1-c1ccc(CN2C(=O)C(NC(=O)CC(C)(C)N)C(C)C(C)c3ccccc32)cc1. The smallest absolute Gasteiger partial charge is 0.251 e. The molecule has 3 amide bonds. The van der Waals surface area contributed by atoms with Gasteiger partial charge in [0.25, 0.3) is 5.91 Å². The van der Waals surface area contributed by atoms with Crippen LogP contribution in [0.3, 0.4) is 0 Å². The molecule has 3 aromatic rings. The van der Waals surface area contributed by atoms with Crippen LogP contribution in [0, 0.1) is 5.92 Å². The Balaban J connectivity index is 1.65. The molecule has 0 aromatic heterocycles. The number of benzene rings is 3. The molecule has 0 spiro atoms. The predicted molar refractivity (Wildman–Crippen MR) is 160 cm³/mol. The summed E-state index contributed by atoms with van der Waals surface area (Å²) in [5.74, 6) is -0.543. The van der Waals surface area contributed by atoms with Crippen LogP contribution in [-0.2, 0) is 16.1 Å². The van der Waals surface area contributed by atoms with Crippen molar-refractivity contribution >= 4 is 23.4 Å². The third-order valence-electron chi connectivity index (χ3n) is 7.61. The Bertz CT molecular complexity index is 1380. The molecular formula is C33H40N4O3. The highest BCUT2D eigenvalue weighted by atomic mass is 16.2. The topological polar surface area (TPSA) is 105 Å². The number of amides is 3. The van der Waals surface area contributed by atoms with E-state index in [2.05, 4.69) is 23.6 Å². The van der Waals surface area contributed by atoms with Gasteiger partial charge in [0.1, 0.15) is 6.04 Å². The number of fused-ring (bicyclic) bond motifs is 1. The second kappa shape index (κ2) is 12.0. The monoisotopic (exact) mass is 540 g/mol. The van der Waals surface area contributed by atoms with Gasteiger partial charge in [-0.3, -0.25) is 14.4 Å². The number of nitrogens with zero attached hydrogens (tertiary/aromatic N) is 1. The molecule has 0 saturated carbocycles. The van der Waals surface area contributed by atoms with Crippen LogP contribution in [0.5, 0.6) is 0 Å². The number of rotatable bonds is 8. The second-order valence-electron chi connectivity index (χ2n) is 11.4. The van der Waals surface area contributed by atoms with E-state index < -0.39 is 11.6 Å². The Morgan fingerprint density at radius 2 is 1.60 bits per heavy atom. The van der Waals surface area contributed by atoms with Gasteiger partial charge in [-0.15, -0.1) is 0 Å². The van der Waals surface area contributed by atoms with E-state index in [0.717, 1.165) is 27.9 Å². The molecule has 0 aliphatic carbocycles. The Hall–Kier alpha value is -3.97. The van der Waals surface area contributed by atoms with Crippen molar-refractivity contribution in [3.05, 3.63) is 89.5 Å². The van der Waals surface area contributed by atoms with Gasteiger partial charge in [-0.05, 0) is 67.0 Å². The molecular weight excluding hydrogens is 500 g/mol. The summed E-state index contributed by atoms with van der Waals surface area (Å²) in [6.07, 6.45) is 0.129. The largest absolute Gasteiger partial charge is 0.352 e. The Morgan fingerprint density at radius 1 is 0.950 bits per heavy atom. The summed E-state index contributed by atoms with van der Waals surface area (Å²) in [5, 5.41) is 5.88. The number of para-hydroxylation sites is 1. The number of nitrogens with two attached hydrogens (primary N) is 1. The van der Waals surface area contributed by atoms with Crippen LogP contribution in [0.25, 0.3) is 11.1 Å². The van der Waals surface area contributed by atoms with Crippen molar-refractivity contribution in [1.82, 2.24) is 10.6 Å². The molecule has 0 fully saturated rings. The second-order valence-corrected chi connectivity index (χ2v) is 11.4. The van der Waals surface area contributed by atoms with Crippen LogP contribution in [0.1, 0.15) is 68.4 Å². The lowest BCUT2D eigenvalue weighted by Gasteiger charge is -2.29. The molecule has 1 aliphatic heterocycles. The Morgan fingerprint density at radius 3 is 2.27 bits per heavy atom. The lowest BCUT2D eigenvalue weighted by atomic mass is 9.84. The molecule has 4 N–H and O–H groups in total. The minimum absolute atomic E-state index is 0.0504. The molecule has 0 radical (unpaired) electrons. The number of carbonyl (C=O) groups is 3. The highest BCUT2D eigenvalue weighted by Gasteiger charge is 2.39. The molecule has 7 heteroatoms. The van der Waals surface area contributed by atoms with Crippen molar-refractivity contribution in [2.45, 2.75) is 65.1 Å². The number of nitrogens with one attached hydrogen (secondary N) is 2. The van der Waals surface area contributed by atoms with E-state index in [0.29, 0.717) is 18.7 Å². The summed E-state index contributed by atoms with van der Waals surface area (Å²) in [6.45, 7) is 10.5. The van der Waals surface area contributed by atoms with E-state index >= 15 is 0 Å². The number of carbonyl (C=O) groups excluding carboxylic acids is 3. The third kappa shape index (κ3) is 6.42. The lowest BCUT2D eigenvalue weighted by molar-refractivity contribution is -0.129. The van der Waals surface area contributed by atoms with Gasteiger partial charge in [-0.1, -0.05) is 74.5 Å². The van der Waals surface area contributed by atoms with Crippen LogP contribution in [-0.4, -0.2) is 35.8 Å². The average Bonchev–Trinajstić information content (AvgIpc) is 2.99. The van der Waals surface area contributed by atoms with Crippen LogP contribution < -0.4 is 21.3 Å². The quantitative estimate of drug-likeness (QED) is 0.374. The van der Waals surface area contributed by atoms with Gasteiger partial charge in [-0.2, -0.15) is 0 Å². The molecule has 40 heavy (non-hydrogen) atoms. The fraction of sp³-hybridized carbons (Fsp3) is 0.364. The molecule has 0 bridgehead atoms. The average molecular weight is 541 g/mol. The van der Waals surface area contributed by atoms with Gasteiger partial charge in [-0.25, -0.2) is 0 Å². The van der Waals surface area contributed by atoms with Gasteiger partial charge < -0.3 is 21.3 Å². The fourth-order valence-electron chi connectivity index (χ4n) is 5.36. The predicted octanol–water partition coefficient (Wildman–Crippen LogP) is 5.00. The van der Waals surface area contributed by atoms with Gasteiger partial charge >= 0.3 is 0 Å². The first-order valence-corrected chi connectivity index (χ1v) is 13.9. The van der Waals surface area contributed by atoms with Crippen molar-refractivity contribution in [2.75, 3.05) is 11.4 Å². The van der Waals surface area contributed by atoms with Gasteiger partial charge in [0.2, 0.25) is 11.8 Å². The number of hydrogen-bond acceptors (Lipinski definition) is 4. The summed E-state index contributed by atoms with van der Waals surface area (Å²) in [4.78, 5) is 41.3. The van der Waals surface area contributed by atoms with Crippen molar-refractivity contribution in [3.63, 3.8) is 0 Å². The number of hydrogen-bond donors (Lipinski definition) is 3. The first-order valence-electron chi connectivity index (χ1n) is 13.9. The maximum atomic E-state index is 14.1. The lowest BCUT2D eigenvalue weighted by Crippen LogP contribution is -2.52. The van der Waals surface area contributed by atoms with Gasteiger partial charge in [0, 0.05) is 29.8 Å². The van der Waals surface area contributed by atoms with Crippen molar-refractivity contribution in [2.24, 2.45) is 11.7 Å². The first-order chi connectivity index (χ1) is 19.0. The fourth-order valence-corrected chi connectivity index (χ4v) is 5.36. The third-order valence-corrected chi connectivity index (χ3v) is 7.61. The van der Waals surface area contributed by atoms with E-state index in [1.54, 1.807) is 18.7 Å². The summed E-state index contributed by atoms with van der Waals surface area (Å²) >= 11 is 0. The minimum Gasteiger partial charge on any atom is -0.352 e. The van der Waals surface area contributed by atoms with Crippen molar-refractivity contribution in [3.8, 4) is 11.1 Å². The molecule has 1 heterocycles. The van der Waals surface area contributed by atoms with Crippen LogP contribution >= 0.6 is 0 Å². The zero-order chi connectivity index (χ0) is 29.0. The van der Waals surface area contributed by atoms with E-state index in [4.69, 9.17) is 5.73 Å². The van der Waals surface area contributed by atoms with Crippen LogP contribution in [0.4, 0.5) is 5.69 Å². The number of anilines is 1.